The van der Waals surface area contributed by atoms with E-state index in [0.29, 0.717) is 10.6 Å². The second-order valence-electron chi connectivity index (χ2n) is 7.68. The van der Waals surface area contributed by atoms with E-state index in [1.165, 1.54) is 0 Å². The summed E-state index contributed by atoms with van der Waals surface area (Å²) in [5, 5.41) is 6.51. The van der Waals surface area contributed by atoms with E-state index in [2.05, 4.69) is 15.4 Å². The molecule has 0 bridgehead atoms. The Hall–Kier alpha value is -2.94. The Morgan fingerprint density at radius 1 is 1.12 bits per heavy atom. The van der Waals surface area contributed by atoms with Crippen molar-refractivity contribution in [1.29, 1.82) is 0 Å². The summed E-state index contributed by atoms with van der Waals surface area (Å²) in [4.78, 5) is 3.83. The third kappa shape index (κ3) is 4.29. The number of piperidine rings is 1. The number of sulfonamides is 1. The zero-order chi connectivity index (χ0) is 24.9. The van der Waals surface area contributed by atoms with Crippen molar-refractivity contribution in [3.63, 3.8) is 0 Å². The Balaban J connectivity index is 1.73. The van der Waals surface area contributed by atoms with Crippen molar-refractivity contribution >= 4 is 21.5 Å². The Labute approximate surface area is 188 Å². The van der Waals surface area contributed by atoms with Crippen molar-refractivity contribution in [2.45, 2.75) is 25.1 Å². The van der Waals surface area contributed by atoms with Gasteiger partial charge in [-0.05, 0) is 6.42 Å². The van der Waals surface area contributed by atoms with Crippen LogP contribution in [0.25, 0.3) is 16.8 Å². The first-order valence-electron chi connectivity index (χ1n) is 9.74. The molecule has 0 aliphatic carbocycles. The molecule has 1 aliphatic rings. The molecular formula is C19H16F7N5O2S. The van der Waals surface area contributed by atoms with Gasteiger partial charge in [-0.15, -0.1) is 5.10 Å². The highest BCUT2D eigenvalue weighted by atomic mass is 32.2. The molecule has 3 aromatic rings. The fourth-order valence-electron chi connectivity index (χ4n) is 3.74. The average molecular weight is 511 g/mol. The Kier molecular flexibility index (Phi) is 6.18. The maximum atomic E-state index is 14.7. The molecule has 1 aromatic carbocycles. The first-order valence-corrected chi connectivity index (χ1v) is 11.6. The number of hydrogen-bond donors (Lipinski definition) is 1. The number of rotatable bonds is 5. The van der Waals surface area contributed by atoms with Crippen LogP contribution in [-0.2, 0) is 10.0 Å². The number of alkyl halides is 3. The van der Waals surface area contributed by atoms with E-state index in [9.17, 15) is 39.2 Å². The molecule has 3 heterocycles. The van der Waals surface area contributed by atoms with Crippen molar-refractivity contribution < 1.29 is 39.2 Å². The topological polar surface area (TPSA) is 79.6 Å². The van der Waals surface area contributed by atoms with E-state index in [1.807, 2.05) is 0 Å². The molecule has 2 aromatic heterocycles. The number of benzene rings is 1. The Morgan fingerprint density at radius 2 is 1.82 bits per heavy atom. The quantitative estimate of drug-likeness (QED) is 0.529. The summed E-state index contributed by atoms with van der Waals surface area (Å²) in [6, 6.07) is -0.268. The van der Waals surface area contributed by atoms with E-state index < -0.39 is 75.3 Å². The van der Waals surface area contributed by atoms with E-state index in [1.54, 1.807) is 0 Å². The van der Waals surface area contributed by atoms with E-state index in [-0.39, 0.29) is 30.5 Å². The zero-order valence-corrected chi connectivity index (χ0v) is 18.1. The van der Waals surface area contributed by atoms with Crippen LogP contribution in [0.3, 0.4) is 0 Å². The summed E-state index contributed by atoms with van der Waals surface area (Å²) in [7, 11) is -3.60. The van der Waals surface area contributed by atoms with Crippen molar-refractivity contribution in [2.24, 2.45) is 0 Å². The molecule has 0 saturated carbocycles. The standard InChI is InChI=1S/C19H16F7N5O2S/c1-34(32,33)30-3-2-12(11(23)7-30)28-19-27-6-14-8(20)5-13(31(14)29-19)15-9(21)4-10(22)16(17(15)24)18(25)26/h4-6,11-12,18H,2-3,7H2,1H3,(H,28,29)/t11-,12-/m1/s1. The highest BCUT2D eigenvalue weighted by molar-refractivity contribution is 7.88. The summed E-state index contributed by atoms with van der Waals surface area (Å²) >= 11 is 0. The van der Waals surface area contributed by atoms with E-state index in [4.69, 9.17) is 0 Å². The first kappa shape index (κ1) is 24.2. The second-order valence-corrected chi connectivity index (χ2v) is 9.66. The van der Waals surface area contributed by atoms with Gasteiger partial charge in [-0.3, -0.25) is 0 Å². The third-order valence-electron chi connectivity index (χ3n) is 5.44. The van der Waals surface area contributed by atoms with Crippen LogP contribution >= 0.6 is 0 Å². The first-order chi connectivity index (χ1) is 15.9. The largest absolute Gasteiger partial charge is 0.347 e. The Bertz CT molecular complexity index is 1370. The summed E-state index contributed by atoms with van der Waals surface area (Å²) in [5.41, 5.74) is -3.84. The van der Waals surface area contributed by atoms with E-state index >= 15 is 0 Å². The normalized spacial score (nSPS) is 19.8. The van der Waals surface area contributed by atoms with Gasteiger partial charge < -0.3 is 5.32 Å². The Morgan fingerprint density at radius 3 is 2.44 bits per heavy atom. The lowest BCUT2D eigenvalue weighted by Gasteiger charge is -2.33. The molecule has 1 saturated heterocycles. The van der Waals surface area contributed by atoms with Gasteiger partial charge in [0.05, 0.1) is 35.3 Å². The van der Waals surface area contributed by atoms with Crippen molar-refractivity contribution in [3.8, 4) is 11.3 Å². The van der Waals surface area contributed by atoms with E-state index in [0.717, 1.165) is 16.8 Å². The van der Waals surface area contributed by atoms with Gasteiger partial charge in [-0.25, -0.2) is 48.7 Å². The highest BCUT2D eigenvalue weighted by Crippen LogP contribution is 2.36. The predicted octanol–water partition coefficient (Wildman–Crippen LogP) is 3.67. The fraction of sp³-hybridized carbons (Fsp3) is 0.368. The number of nitrogens with one attached hydrogen (secondary N) is 1. The lowest BCUT2D eigenvalue weighted by Crippen LogP contribution is -2.49. The minimum Gasteiger partial charge on any atom is -0.347 e. The van der Waals surface area contributed by atoms with Gasteiger partial charge in [0.15, 0.2) is 5.82 Å². The van der Waals surface area contributed by atoms with Gasteiger partial charge in [0.2, 0.25) is 16.0 Å². The van der Waals surface area contributed by atoms with Gasteiger partial charge in [-0.2, -0.15) is 4.31 Å². The van der Waals surface area contributed by atoms with Crippen LogP contribution in [0.15, 0.2) is 18.3 Å². The smallest absolute Gasteiger partial charge is 0.269 e. The minimum atomic E-state index is -3.61. The number of aromatic nitrogens is 3. The van der Waals surface area contributed by atoms with Crippen molar-refractivity contribution in [2.75, 3.05) is 24.7 Å². The molecule has 34 heavy (non-hydrogen) atoms. The number of hydrogen-bond acceptors (Lipinski definition) is 5. The van der Waals surface area contributed by atoms with Gasteiger partial charge in [0.25, 0.3) is 6.43 Å². The monoisotopic (exact) mass is 511 g/mol. The molecule has 1 N–H and O–H groups in total. The lowest BCUT2D eigenvalue weighted by atomic mass is 10.1. The van der Waals surface area contributed by atoms with Gasteiger partial charge in [-0.1, -0.05) is 0 Å². The van der Waals surface area contributed by atoms with Crippen LogP contribution in [0.2, 0.25) is 0 Å². The molecule has 0 unspecified atom stereocenters. The van der Waals surface area contributed by atoms with Crippen LogP contribution < -0.4 is 5.32 Å². The molecule has 0 radical (unpaired) electrons. The van der Waals surface area contributed by atoms with Crippen LogP contribution in [-0.4, -0.2) is 58.9 Å². The fourth-order valence-corrected chi connectivity index (χ4v) is 4.59. The van der Waals surface area contributed by atoms with Crippen molar-refractivity contribution in [3.05, 3.63) is 47.2 Å². The summed E-state index contributed by atoms with van der Waals surface area (Å²) in [6.45, 7) is -0.421. The maximum Gasteiger partial charge on any atom is 0.269 e. The van der Waals surface area contributed by atoms with Crippen LogP contribution in [0.5, 0.6) is 0 Å². The summed E-state index contributed by atoms with van der Waals surface area (Å²) in [5.74, 6) is -6.64. The summed E-state index contributed by atoms with van der Waals surface area (Å²) in [6.07, 6.45) is -3.38. The molecular weight excluding hydrogens is 495 g/mol. The molecule has 15 heteroatoms. The predicted molar refractivity (Wildman–Crippen MR) is 107 cm³/mol. The van der Waals surface area contributed by atoms with Gasteiger partial charge in [0.1, 0.15) is 29.1 Å². The number of anilines is 1. The molecule has 0 spiro atoms. The highest BCUT2D eigenvalue weighted by Gasteiger charge is 2.34. The lowest BCUT2D eigenvalue weighted by molar-refractivity contribution is 0.141. The molecule has 4 rings (SSSR count). The molecule has 7 nitrogen and oxygen atoms in total. The van der Waals surface area contributed by atoms with Crippen LogP contribution in [0, 0.1) is 23.3 Å². The molecule has 1 fully saturated rings. The summed E-state index contributed by atoms with van der Waals surface area (Å²) < 4.78 is 123. The molecule has 1 aliphatic heterocycles. The third-order valence-corrected chi connectivity index (χ3v) is 6.71. The minimum absolute atomic E-state index is 0.00493. The number of nitrogens with zero attached hydrogens (tertiary/aromatic N) is 4. The molecule has 184 valence electrons. The molecule has 2 atom stereocenters. The second kappa shape index (κ2) is 8.69. The number of fused-ring (bicyclic) bond motifs is 1. The van der Waals surface area contributed by atoms with Gasteiger partial charge >= 0.3 is 0 Å². The van der Waals surface area contributed by atoms with Crippen LogP contribution in [0.1, 0.15) is 18.4 Å². The van der Waals surface area contributed by atoms with Crippen LogP contribution in [0.4, 0.5) is 36.7 Å². The zero-order valence-electron chi connectivity index (χ0n) is 17.2. The maximum absolute atomic E-state index is 14.7. The van der Waals surface area contributed by atoms with Crippen molar-refractivity contribution in [1.82, 2.24) is 18.9 Å². The van der Waals surface area contributed by atoms with Gasteiger partial charge in [0, 0.05) is 25.2 Å². The number of halogens is 7. The SMILES string of the molecule is CS(=O)(=O)N1CC[C@@H](Nc2ncc3c(F)cc(-c4c(F)cc(F)c(C(F)F)c4F)n3n2)[C@H](F)C1. The molecule has 0 amide bonds. The average Bonchev–Trinajstić information content (AvgIpc) is 3.03.